The normalized spacial score (nSPS) is 15.4. The number of nitrogens with one attached hydrogen (secondary N) is 1. The Hall–Kier alpha value is -3.47. The number of carboxylic acid groups (broad SMARTS) is 2. The molecule has 1 aliphatic rings. The Kier molecular flexibility index (Phi) is 8.65. The molecule has 202 valence electrons. The number of carbonyl (C=O) groups is 2. The number of rotatable bonds is 11. The van der Waals surface area contributed by atoms with Crippen LogP contribution in [0.2, 0.25) is 0 Å². The van der Waals surface area contributed by atoms with Crippen molar-refractivity contribution >= 4 is 38.6 Å². The van der Waals surface area contributed by atoms with Crippen molar-refractivity contribution in [3.05, 3.63) is 77.4 Å². The van der Waals surface area contributed by atoms with E-state index in [4.69, 9.17) is 10.2 Å². The minimum Gasteiger partial charge on any atom is -0.481 e. The number of hydrogen-bond acceptors (Lipinski definition) is 5. The van der Waals surface area contributed by atoms with E-state index in [0.717, 1.165) is 34.9 Å². The maximum absolute atomic E-state index is 12.4. The summed E-state index contributed by atoms with van der Waals surface area (Å²) in [5.74, 6) is -2.00. The van der Waals surface area contributed by atoms with Crippen LogP contribution in [0.25, 0.3) is 10.8 Å². The van der Waals surface area contributed by atoms with Crippen molar-refractivity contribution in [2.24, 2.45) is 0 Å². The van der Waals surface area contributed by atoms with Gasteiger partial charge in [0, 0.05) is 38.3 Å². The number of benzene rings is 3. The van der Waals surface area contributed by atoms with E-state index in [9.17, 15) is 18.0 Å². The Morgan fingerprint density at radius 2 is 1.34 bits per heavy atom. The highest BCUT2D eigenvalue weighted by Gasteiger charge is 2.29. The standard InChI is InChI=1S/C28H33N3O6S/c1-20(28(34)35)29-38(36,37)31-16-14-30(15-17-31)26-11-6-21(7-12-26)2-3-22-4-9-25-19-23(8-13-27(32)33)5-10-24(25)18-22/h4-7,9-12,18-20,29H,2-3,8,13-17H2,1H3,(H,32,33)(H,34,35)/t20-/m1/s1. The molecule has 1 saturated heterocycles. The minimum atomic E-state index is -3.84. The predicted octanol–water partition coefficient (Wildman–Crippen LogP) is 3.07. The summed E-state index contributed by atoms with van der Waals surface area (Å²) >= 11 is 0. The van der Waals surface area contributed by atoms with Gasteiger partial charge in [-0.1, -0.05) is 48.5 Å². The van der Waals surface area contributed by atoms with Gasteiger partial charge in [0.05, 0.1) is 0 Å². The lowest BCUT2D eigenvalue weighted by Crippen LogP contribution is -2.54. The molecular formula is C28H33N3O6S. The van der Waals surface area contributed by atoms with Gasteiger partial charge in [0.15, 0.2) is 0 Å². The topological polar surface area (TPSA) is 127 Å². The first-order chi connectivity index (χ1) is 18.1. The van der Waals surface area contributed by atoms with E-state index in [1.807, 2.05) is 6.07 Å². The Labute approximate surface area is 222 Å². The highest BCUT2D eigenvalue weighted by Crippen LogP contribution is 2.22. The molecule has 3 N–H and O–H groups in total. The lowest BCUT2D eigenvalue weighted by Gasteiger charge is -2.35. The average molecular weight is 540 g/mol. The molecule has 0 bridgehead atoms. The number of piperazine rings is 1. The molecule has 9 nitrogen and oxygen atoms in total. The van der Waals surface area contributed by atoms with E-state index >= 15 is 0 Å². The fourth-order valence-corrected chi connectivity index (χ4v) is 5.94. The van der Waals surface area contributed by atoms with Crippen LogP contribution < -0.4 is 9.62 Å². The van der Waals surface area contributed by atoms with E-state index in [-0.39, 0.29) is 19.5 Å². The van der Waals surface area contributed by atoms with Gasteiger partial charge in [0.25, 0.3) is 10.2 Å². The number of aryl methyl sites for hydroxylation is 3. The van der Waals surface area contributed by atoms with Gasteiger partial charge < -0.3 is 15.1 Å². The summed E-state index contributed by atoms with van der Waals surface area (Å²) in [6.07, 6.45) is 2.45. The molecular weight excluding hydrogens is 506 g/mol. The summed E-state index contributed by atoms with van der Waals surface area (Å²) in [6, 6.07) is 19.7. The summed E-state index contributed by atoms with van der Waals surface area (Å²) in [5.41, 5.74) is 4.51. The molecule has 1 fully saturated rings. The average Bonchev–Trinajstić information content (AvgIpc) is 2.90. The highest BCUT2D eigenvalue weighted by molar-refractivity contribution is 7.87. The van der Waals surface area contributed by atoms with Crippen LogP contribution in [0.5, 0.6) is 0 Å². The van der Waals surface area contributed by atoms with Gasteiger partial charge in [-0.25, -0.2) is 0 Å². The molecule has 3 aromatic rings. The van der Waals surface area contributed by atoms with E-state index < -0.39 is 28.2 Å². The first kappa shape index (κ1) is 27.6. The van der Waals surface area contributed by atoms with Gasteiger partial charge >= 0.3 is 11.9 Å². The zero-order chi connectivity index (χ0) is 27.3. The summed E-state index contributed by atoms with van der Waals surface area (Å²) in [4.78, 5) is 23.9. The monoisotopic (exact) mass is 539 g/mol. The smallest absolute Gasteiger partial charge is 0.321 e. The Morgan fingerprint density at radius 3 is 1.89 bits per heavy atom. The van der Waals surface area contributed by atoms with Gasteiger partial charge in [-0.15, -0.1) is 0 Å². The van der Waals surface area contributed by atoms with Gasteiger partial charge in [-0.05, 0) is 65.8 Å². The molecule has 0 unspecified atom stereocenters. The zero-order valence-electron chi connectivity index (χ0n) is 21.3. The second kappa shape index (κ2) is 11.9. The third-order valence-electron chi connectivity index (χ3n) is 6.88. The van der Waals surface area contributed by atoms with Gasteiger partial charge in [0.1, 0.15) is 6.04 Å². The van der Waals surface area contributed by atoms with Crippen LogP contribution in [0.15, 0.2) is 60.7 Å². The molecule has 1 heterocycles. The molecule has 10 heteroatoms. The van der Waals surface area contributed by atoms with Crippen molar-refractivity contribution in [3.63, 3.8) is 0 Å². The fourth-order valence-electron chi connectivity index (χ4n) is 4.60. The zero-order valence-corrected chi connectivity index (χ0v) is 22.2. The van der Waals surface area contributed by atoms with E-state index in [2.05, 4.69) is 64.2 Å². The summed E-state index contributed by atoms with van der Waals surface area (Å²) in [7, 11) is -3.84. The van der Waals surface area contributed by atoms with Crippen LogP contribution in [-0.2, 0) is 39.1 Å². The van der Waals surface area contributed by atoms with Crippen LogP contribution in [0, 0.1) is 0 Å². The summed E-state index contributed by atoms with van der Waals surface area (Å²) in [5, 5.41) is 20.1. The molecule has 0 spiro atoms. The third-order valence-corrected chi connectivity index (χ3v) is 8.57. The van der Waals surface area contributed by atoms with E-state index in [1.165, 1.54) is 22.4 Å². The minimum absolute atomic E-state index is 0.131. The molecule has 38 heavy (non-hydrogen) atoms. The Bertz CT molecular complexity index is 1400. The molecule has 0 aromatic heterocycles. The second-order valence-electron chi connectivity index (χ2n) is 9.64. The Morgan fingerprint density at radius 1 is 0.816 bits per heavy atom. The number of nitrogens with zero attached hydrogens (tertiary/aromatic N) is 2. The fraction of sp³-hybridized carbons (Fsp3) is 0.357. The molecule has 0 aliphatic carbocycles. The predicted molar refractivity (Wildman–Crippen MR) is 147 cm³/mol. The van der Waals surface area contributed by atoms with Gasteiger partial charge in [0.2, 0.25) is 0 Å². The quantitative estimate of drug-likeness (QED) is 0.342. The van der Waals surface area contributed by atoms with Crippen molar-refractivity contribution < 1.29 is 28.2 Å². The molecule has 0 amide bonds. The molecule has 0 radical (unpaired) electrons. The first-order valence-corrected chi connectivity index (χ1v) is 14.1. The first-order valence-electron chi connectivity index (χ1n) is 12.7. The second-order valence-corrected chi connectivity index (χ2v) is 11.3. The van der Waals surface area contributed by atoms with Crippen LogP contribution in [-0.4, -0.2) is 67.1 Å². The number of anilines is 1. The van der Waals surface area contributed by atoms with Crippen LogP contribution >= 0.6 is 0 Å². The number of carboxylic acids is 2. The van der Waals surface area contributed by atoms with Crippen LogP contribution in [0.3, 0.4) is 0 Å². The van der Waals surface area contributed by atoms with Crippen molar-refractivity contribution in [2.75, 3.05) is 31.1 Å². The molecule has 3 aromatic carbocycles. The Balaban J connectivity index is 1.29. The number of fused-ring (bicyclic) bond motifs is 1. The van der Waals surface area contributed by atoms with Crippen LogP contribution in [0.1, 0.15) is 30.0 Å². The van der Waals surface area contributed by atoms with Crippen molar-refractivity contribution in [2.45, 2.75) is 38.6 Å². The SMILES string of the molecule is C[C@@H](NS(=O)(=O)N1CCN(c2ccc(CCc3ccc4cc(CCC(=O)O)ccc4c3)cc2)CC1)C(=O)O. The molecule has 0 saturated carbocycles. The maximum Gasteiger partial charge on any atom is 0.321 e. The maximum atomic E-state index is 12.4. The molecule has 4 rings (SSSR count). The van der Waals surface area contributed by atoms with Crippen LogP contribution in [0.4, 0.5) is 5.69 Å². The van der Waals surface area contributed by atoms with Crippen molar-refractivity contribution in [1.82, 2.24) is 9.03 Å². The number of aliphatic carboxylic acids is 2. The summed E-state index contributed by atoms with van der Waals surface area (Å²) < 4.78 is 28.3. The van der Waals surface area contributed by atoms with E-state index in [1.54, 1.807) is 0 Å². The van der Waals surface area contributed by atoms with Gasteiger partial charge in [-0.3, -0.25) is 9.59 Å². The highest BCUT2D eigenvalue weighted by atomic mass is 32.2. The largest absolute Gasteiger partial charge is 0.481 e. The van der Waals surface area contributed by atoms with Crippen molar-refractivity contribution in [3.8, 4) is 0 Å². The summed E-state index contributed by atoms with van der Waals surface area (Å²) in [6.45, 7) is 2.92. The lowest BCUT2D eigenvalue weighted by atomic mass is 9.99. The molecule has 1 atom stereocenters. The molecule has 1 aliphatic heterocycles. The van der Waals surface area contributed by atoms with Gasteiger partial charge in [-0.2, -0.15) is 17.4 Å². The third kappa shape index (κ3) is 7.09. The lowest BCUT2D eigenvalue weighted by molar-refractivity contribution is -0.139. The van der Waals surface area contributed by atoms with E-state index in [0.29, 0.717) is 19.5 Å². The number of hydrogen-bond donors (Lipinski definition) is 3. The van der Waals surface area contributed by atoms with Crippen molar-refractivity contribution in [1.29, 1.82) is 0 Å².